The van der Waals surface area contributed by atoms with Gasteiger partial charge >= 0.3 is 0 Å². The second-order valence-corrected chi connectivity index (χ2v) is 12.7. The Hall–Kier alpha value is -1.48. The van der Waals surface area contributed by atoms with E-state index in [0.717, 1.165) is 28.5 Å². The Morgan fingerprint density at radius 3 is 1.97 bits per heavy atom. The van der Waals surface area contributed by atoms with Crippen LogP contribution in [0.4, 0.5) is 0 Å². The molecule has 1 saturated carbocycles. The van der Waals surface area contributed by atoms with Crippen LogP contribution >= 0.6 is 15.9 Å². The van der Waals surface area contributed by atoms with Crippen LogP contribution in [0.25, 0.3) is 5.57 Å². The number of aliphatic hydroxyl groups is 1. The van der Waals surface area contributed by atoms with Gasteiger partial charge in [0.15, 0.2) is 19.7 Å². The van der Waals surface area contributed by atoms with Gasteiger partial charge in [0.25, 0.3) is 0 Å². The molecule has 2 aromatic rings. The molecule has 0 aliphatic heterocycles. The zero-order valence-corrected chi connectivity index (χ0v) is 21.0. The molecular weight excluding hydrogens is 500 g/mol. The van der Waals surface area contributed by atoms with Crippen LogP contribution in [-0.2, 0) is 19.7 Å². The van der Waals surface area contributed by atoms with E-state index in [1.54, 1.807) is 42.5 Å². The highest BCUT2D eigenvalue weighted by Crippen LogP contribution is 2.28. The number of hydrogen-bond donors (Lipinski definition) is 1. The van der Waals surface area contributed by atoms with E-state index in [0.29, 0.717) is 15.7 Å². The molecule has 0 saturated heterocycles. The number of rotatable bonds is 5. The number of aliphatic hydroxyl groups excluding tert-OH is 1. The minimum atomic E-state index is -3.21. The molecule has 0 radical (unpaired) electrons. The van der Waals surface area contributed by atoms with Crippen LogP contribution in [-0.4, -0.2) is 41.1 Å². The molecule has 0 aromatic heterocycles. The van der Waals surface area contributed by atoms with Crippen LogP contribution in [0.15, 0.2) is 68.9 Å². The minimum absolute atomic E-state index is 0.0519. The third-order valence-electron chi connectivity index (χ3n) is 5.11. The van der Waals surface area contributed by atoms with E-state index in [1.807, 2.05) is 6.07 Å². The molecule has 8 heteroatoms. The van der Waals surface area contributed by atoms with E-state index in [9.17, 15) is 21.9 Å². The van der Waals surface area contributed by atoms with Gasteiger partial charge in [0.2, 0.25) is 0 Å². The van der Waals surface area contributed by atoms with Crippen molar-refractivity contribution in [3.8, 4) is 0 Å². The largest absolute Gasteiger partial charge is 0.392 e. The summed E-state index contributed by atoms with van der Waals surface area (Å²) in [7, 11) is -6.26. The van der Waals surface area contributed by atoms with Crippen molar-refractivity contribution in [1.29, 1.82) is 0 Å². The van der Waals surface area contributed by atoms with Gasteiger partial charge in [-0.1, -0.05) is 59.5 Å². The number of halogens is 1. The first-order valence-corrected chi connectivity index (χ1v) is 14.7. The topological polar surface area (TPSA) is 88.5 Å². The van der Waals surface area contributed by atoms with E-state index >= 15 is 0 Å². The van der Waals surface area contributed by atoms with E-state index in [4.69, 9.17) is 0 Å². The molecule has 0 amide bonds. The summed E-state index contributed by atoms with van der Waals surface area (Å²) in [6.45, 7) is -0.0519. The minimum Gasteiger partial charge on any atom is -0.392 e. The second-order valence-electron chi connectivity index (χ2n) is 7.78. The highest BCUT2D eigenvalue weighted by atomic mass is 79.9. The quantitative estimate of drug-likeness (QED) is 0.596. The first-order chi connectivity index (χ1) is 14.5. The fraction of sp³-hybridized carbons (Fsp3) is 0.391. The molecule has 0 heterocycles. The maximum Gasteiger partial charge on any atom is 0.175 e. The third kappa shape index (κ3) is 8.52. The maximum atomic E-state index is 11.6. The molecule has 1 N–H and O–H groups in total. The van der Waals surface area contributed by atoms with E-state index in [1.165, 1.54) is 31.8 Å². The SMILES string of the molecule is CS(=O)(=O)c1cccc(/C(=C\C2CCCCC2)CO)c1.CS(=O)(=O)c1cccc(Br)c1. The van der Waals surface area contributed by atoms with Crippen LogP contribution in [0.3, 0.4) is 0 Å². The van der Waals surface area contributed by atoms with Crippen LogP contribution in [0, 0.1) is 5.92 Å². The summed E-state index contributed by atoms with van der Waals surface area (Å²) < 4.78 is 45.9. The number of sulfone groups is 2. The summed E-state index contributed by atoms with van der Waals surface area (Å²) in [6.07, 6.45) is 10.6. The first-order valence-electron chi connectivity index (χ1n) is 10.1. The lowest BCUT2D eigenvalue weighted by Crippen LogP contribution is -2.05. The number of hydrogen-bond acceptors (Lipinski definition) is 5. The Bertz CT molecular complexity index is 1120. The van der Waals surface area contributed by atoms with Gasteiger partial charge in [0.1, 0.15) is 0 Å². The van der Waals surface area contributed by atoms with Gasteiger partial charge in [-0.25, -0.2) is 16.8 Å². The van der Waals surface area contributed by atoms with Gasteiger partial charge in [-0.15, -0.1) is 0 Å². The summed E-state index contributed by atoms with van der Waals surface area (Å²) >= 11 is 3.19. The van der Waals surface area contributed by atoms with Crippen molar-refractivity contribution in [3.63, 3.8) is 0 Å². The van der Waals surface area contributed by atoms with Crippen molar-refractivity contribution < 1.29 is 21.9 Å². The Labute approximate surface area is 194 Å². The fourth-order valence-electron chi connectivity index (χ4n) is 3.45. The summed E-state index contributed by atoms with van der Waals surface area (Å²) in [4.78, 5) is 0.643. The molecule has 31 heavy (non-hydrogen) atoms. The molecule has 0 spiro atoms. The van der Waals surface area contributed by atoms with Crippen molar-refractivity contribution in [2.45, 2.75) is 41.9 Å². The van der Waals surface area contributed by atoms with E-state index in [2.05, 4.69) is 22.0 Å². The average Bonchev–Trinajstić information content (AvgIpc) is 2.72. The Morgan fingerprint density at radius 1 is 0.935 bits per heavy atom. The van der Waals surface area contributed by atoms with E-state index < -0.39 is 19.7 Å². The van der Waals surface area contributed by atoms with Crippen LogP contribution < -0.4 is 0 Å². The van der Waals surface area contributed by atoms with Crippen LogP contribution in [0.5, 0.6) is 0 Å². The molecular formula is C23H29BrO5S2. The molecule has 5 nitrogen and oxygen atoms in total. The number of benzene rings is 2. The van der Waals surface area contributed by atoms with Gasteiger partial charge in [0.05, 0.1) is 16.4 Å². The van der Waals surface area contributed by atoms with Crippen LogP contribution in [0.2, 0.25) is 0 Å². The molecule has 0 atom stereocenters. The van der Waals surface area contributed by atoms with Crippen molar-refractivity contribution in [2.24, 2.45) is 5.92 Å². The van der Waals surface area contributed by atoms with Crippen LogP contribution in [0.1, 0.15) is 37.7 Å². The molecule has 2 aromatic carbocycles. The molecule has 0 bridgehead atoms. The lowest BCUT2D eigenvalue weighted by Gasteiger charge is -2.19. The maximum absolute atomic E-state index is 11.6. The van der Waals surface area contributed by atoms with Crippen molar-refractivity contribution in [1.82, 2.24) is 0 Å². The lowest BCUT2D eigenvalue weighted by atomic mass is 9.87. The third-order valence-corrected chi connectivity index (χ3v) is 7.83. The smallest absolute Gasteiger partial charge is 0.175 e. The zero-order chi connectivity index (χ0) is 23.1. The van der Waals surface area contributed by atoms with Crippen molar-refractivity contribution in [2.75, 3.05) is 19.1 Å². The molecule has 1 fully saturated rings. The normalized spacial score (nSPS) is 15.8. The molecule has 3 rings (SSSR count). The van der Waals surface area contributed by atoms with Crippen molar-refractivity contribution in [3.05, 3.63) is 64.6 Å². The Balaban J connectivity index is 0.000000262. The predicted molar refractivity (Wildman–Crippen MR) is 128 cm³/mol. The molecule has 1 aliphatic carbocycles. The van der Waals surface area contributed by atoms with Gasteiger partial charge in [-0.3, -0.25) is 0 Å². The highest BCUT2D eigenvalue weighted by molar-refractivity contribution is 9.10. The van der Waals surface area contributed by atoms with Gasteiger partial charge < -0.3 is 5.11 Å². The predicted octanol–water partition coefficient (Wildman–Crippen LogP) is 4.90. The van der Waals surface area contributed by atoms with E-state index in [-0.39, 0.29) is 6.61 Å². The standard InChI is InChI=1S/C16H22O3S.C7H7BrO2S/c1-20(18,19)16-9-5-8-14(11-16)15(12-17)10-13-6-3-2-4-7-13;1-11(9,10)7-4-2-3-6(8)5-7/h5,8-11,13,17H,2-4,6-7,12H2,1H3;2-5H,1H3/b15-10-;. The Morgan fingerprint density at radius 2 is 1.48 bits per heavy atom. The average molecular weight is 530 g/mol. The Kier molecular flexibility index (Phi) is 9.48. The monoisotopic (exact) mass is 528 g/mol. The molecule has 0 unspecified atom stereocenters. The highest BCUT2D eigenvalue weighted by Gasteiger charge is 2.14. The van der Waals surface area contributed by atoms with Gasteiger partial charge in [-0.05, 0) is 60.2 Å². The second kappa shape index (κ2) is 11.4. The summed E-state index contributed by atoms with van der Waals surface area (Å²) in [6, 6.07) is 13.5. The first kappa shape index (κ1) is 25.8. The summed E-state index contributed by atoms with van der Waals surface area (Å²) in [5, 5.41) is 9.59. The van der Waals surface area contributed by atoms with Gasteiger partial charge in [0, 0.05) is 17.0 Å². The molecule has 170 valence electrons. The summed E-state index contributed by atoms with van der Waals surface area (Å²) in [5.74, 6) is 0.507. The lowest BCUT2D eigenvalue weighted by molar-refractivity contribution is 0.347. The van der Waals surface area contributed by atoms with Gasteiger partial charge in [-0.2, -0.15) is 0 Å². The van der Waals surface area contributed by atoms with Crippen molar-refractivity contribution >= 4 is 41.2 Å². The number of allylic oxidation sites excluding steroid dienone is 1. The fourth-order valence-corrected chi connectivity index (χ4v) is 5.33. The molecule has 1 aliphatic rings. The summed E-state index contributed by atoms with van der Waals surface area (Å²) in [5.41, 5.74) is 1.64. The zero-order valence-electron chi connectivity index (χ0n) is 17.8.